The molecule has 0 spiro atoms. The van der Waals surface area contributed by atoms with Crippen molar-refractivity contribution in [1.82, 2.24) is 5.32 Å². The second-order valence-corrected chi connectivity index (χ2v) is 4.70. The first-order chi connectivity index (χ1) is 9.65. The van der Waals surface area contributed by atoms with Crippen molar-refractivity contribution in [1.29, 1.82) is 0 Å². The molecule has 2 rings (SSSR count). The molecule has 4 nitrogen and oxygen atoms in total. The van der Waals surface area contributed by atoms with Gasteiger partial charge in [0.15, 0.2) is 0 Å². The zero-order valence-corrected chi connectivity index (χ0v) is 11.5. The molecule has 2 aromatic carbocycles. The predicted octanol–water partition coefficient (Wildman–Crippen LogP) is 3.03. The summed E-state index contributed by atoms with van der Waals surface area (Å²) in [6, 6.07) is 17.6. The van der Waals surface area contributed by atoms with Crippen LogP contribution in [0.3, 0.4) is 0 Å². The third-order valence-electron chi connectivity index (χ3n) is 3.13. The molecule has 4 N–H and O–H groups in total. The summed E-state index contributed by atoms with van der Waals surface area (Å²) in [6.07, 6.45) is 0. The highest BCUT2D eigenvalue weighted by Crippen LogP contribution is 2.16. The van der Waals surface area contributed by atoms with Crippen LogP contribution in [0.25, 0.3) is 0 Å². The van der Waals surface area contributed by atoms with Crippen LogP contribution in [-0.2, 0) is 6.54 Å². The zero-order chi connectivity index (χ0) is 14.4. The number of primary amides is 1. The first-order valence-electron chi connectivity index (χ1n) is 6.59. The SMILES string of the molecule is CC(NCc1ccccc1)c1ccc(NC(N)=O)cc1. The van der Waals surface area contributed by atoms with Gasteiger partial charge in [0.1, 0.15) is 0 Å². The molecule has 0 fully saturated rings. The Morgan fingerprint density at radius 1 is 1.10 bits per heavy atom. The third kappa shape index (κ3) is 4.10. The summed E-state index contributed by atoms with van der Waals surface area (Å²) in [7, 11) is 0. The Morgan fingerprint density at radius 2 is 1.75 bits per heavy atom. The number of nitrogens with two attached hydrogens (primary N) is 1. The number of carbonyl (C=O) groups is 1. The monoisotopic (exact) mass is 269 g/mol. The van der Waals surface area contributed by atoms with E-state index in [1.807, 2.05) is 42.5 Å². The van der Waals surface area contributed by atoms with Crippen molar-refractivity contribution in [3.63, 3.8) is 0 Å². The van der Waals surface area contributed by atoms with Crippen LogP contribution in [0.15, 0.2) is 54.6 Å². The molecule has 0 bridgehead atoms. The third-order valence-corrected chi connectivity index (χ3v) is 3.13. The van der Waals surface area contributed by atoms with Gasteiger partial charge < -0.3 is 16.4 Å². The quantitative estimate of drug-likeness (QED) is 0.781. The maximum Gasteiger partial charge on any atom is 0.316 e. The Hall–Kier alpha value is -2.33. The molecule has 2 aromatic rings. The minimum Gasteiger partial charge on any atom is -0.351 e. The average molecular weight is 269 g/mol. The first-order valence-corrected chi connectivity index (χ1v) is 6.59. The Morgan fingerprint density at radius 3 is 2.35 bits per heavy atom. The van der Waals surface area contributed by atoms with Gasteiger partial charge in [0, 0.05) is 18.3 Å². The molecule has 20 heavy (non-hydrogen) atoms. The molecule has 104 valence electrons. The van der Waals surface area contributed by atoms with Crippen LogP contribution in [-0.4, -0.2) is 6.03 Å². The van der Waals surface area contributed by atoms with Gasteiger partial charge in [0.25, 0.3) is 0 Å². The molecule has 0 saturated heterocycles. The summed E-state index contributed by atoms with van der Waals surface area (Å²) in [5.41, 5.74) is 8.20. The van der Waals surface area contributed by atoms with E-state index in [4.69, 9.17) is 5.73 Å². The molecule has 0 aliphatic rings. The van der Waals surface area contributed by atoms with E-state index < -0.39 is 6.03 Å². The van der Waals surface area contributed by atoms with Crippen LogP contribution in [0.4, 0.5) is 10.5 Å². The van der Waals surface area contributed by atoms with E-state index in [1.54, 1.807) is 0 Å². The average Bonchev–Trinajstić information content (AvgIpc) is 2.46. The van der Waals surface area contributed by atoms with E-state index in [9.17, 15) is 4.79 Å². The number of carbonyl (C=O) groups excluding carboxylic acids is 1. The predicted molar refractivity (Wildman–Crippen MR) is 81.3 cm³/mol. The fourth-order valence-corrected chi connectivity index (χ4v) is 1.98. The number of nitrogens with one attached hydrogen (secondary N) is 2. The number of amides is 2. The zero-order valence-electron chi connectivity index (χ0n) is 11.5. The second kappa shape index (κ2) is 6.73. The number of hydrogen-bond donors (Lipinski definition) is 3. The van der Waals surface area contributed by atoms with E-state index in [1.165, 1.54) is 5.56 Å². The number of benzene rings is 2. The van der Waals surface area contributed by atoms with E-state index in [-0.39, 0.29) is 6.04 Å². The van der Waals surface area contributed by atoms with Gasteiger partial charge in [-0.3, -0.25) is 0 Å². The second-order valence-electron chi connectivity index (χ2n) is 4.70. The maximum atomic E-state index is 10.7. The van der Waals surface area contributed by atoms with Crippen LogP contribution >= 0.6 is 0 Å². The summed E-state index contributed by atoms with van der Waals surface area (Å²) < 4.78 is 0. The Bertz CT molecular complexity index is 552. The topological polar surface area (TPSA) is 67.2 Å². The molecule has 1 atom stereocenters. The highest BCUT2D eigenvalue weighted by molar-refractivity contribution is 5.87. The van der Waals surface area contributed by atoms with Crippen molar-refractivity contribution >= 4 is 11.7 Å². The molecule has 4 heteroatoms. The van der Waals surface area contributed by atoms with Crippen molar-refractivity contribution in [2.75, 3.05) is 5.32 Å². The first kappa shape index (κ1) is 14.1. The van der Waals surface area contributed by atoms with Crippen LogP contribution in [0.2, 0.25) is 0 Å². The van der Waals surface area contributed by atoms with E-state index >= 15 is 0 Å². The van der Waals surface area contributed by atoms with Crippen LogP contribution in [0, 0.1) is 0 Å². The molecule has 0 radical (unpaired) electrons. The summed E-state index contributed by atoms with van der Waals surface area (Å²) >= 11 is 0. The number of urea groups is 1. The maximum absolute atomic E-state index is 10.7. The lowest BCUT2D eigenvalue weighted by Crippen LogP contribution is -2.20. The van der Waals surface area contributed by atoms with Gasteiger partial charge in [0.05, 0.1) is 0 Å². The number of rotatable bonds is 5. The van der Waals surface area contributed by atoms with Crippen molar-refractivity contribution < 1.29 is 4.79 Å². The van der Waals surface area contributed by atoms with Gasteiger partial charge in [-0.15, -0.1) is 0 Å². The van der Waals surface area contributed by atoms with Crippen LogP contribution in [0.1, 0.15) is 24.1 Å². The smallest absolute Gasteiger partial charge is 0.316 e. The van der Waals surface area contributed by atoms with Gasteiger partial charge in [-0.2, -0.15) is 0 Å². The standard InChI is InChI=1S/C16H19N3O/c1-12(18-11-13-5-3-2-4-6-13)14-7-9-15(10-8-14)19-16(17)20/h2-10,12,18H,11H2,1H3,(H3,17,19,20). The highest BCUT2D eigenvalue weighted by atomic mass is 16.2. The lowest BCUT2D eigenvalue weighted by atomic mass is 10.1. The lowest BCUT2D eigenvalue weighted by Gasteiger charge is -2.15. The van der Waals surface area contributed by atoms with Crippen molar-refractivity contribution in [2.45, 2.75) is 19.5 Å². The molecule has 0 aliphatic carbocycles. The van der Waals surface area contributed by atoms with Gasteiger partial charge in [-0.05, 0) is 30.2 Å². The molecular weight excluding hydrogens is 250 g/mol. The van der Waals surface area contributed by atoms with Crippen LogP contribution in [0.5, 0.6) is 0 Å². The summed E-state index contributed by atoms with van der Waals surface area (Å²) in [5, 5.41) is 6.01. The number of anilines is 1. The Balaban J connectivity index is 1.92. The van der Waals surface area contributed by atoms with Crippen molar-refractivity contribution in [3.05, 3.63) is 65.7 Å². The van der Waals surface area contributed by atoms with Gasteiger partial charge in [-0.25, -0.2) is 4.79 Å². The summed E-state index contributed by atoms with van der Waals surface area (Å²) in [6.45, 7) is 2.93. The van der Waals surface area contributed by atoms with Crippen molar-refractivity contribution in [3.8, 4) is 0 Å². The fourth-order valence-electron chi connectivity index (χ4n) is 1.98. The molecule has 0 aliphatic heterocycles. The van der Waals surface area contributed by atoms with E-state index in [2.05, 4.69) is 29.7 Å². The Labute approximate surface area is 119 Å². The molecule has 0 aromatic heterocycles. The number of hydrogen-bond acceptors (Lipinski definition) is 2. The molecule has 0 saturated carbocycles. The van der Waals surface area contributed by atoms with Gasteiger partial charge in [-0.1, -0.05) is 42.5 Å². The summed E-state index contributed by atoms with van der Waals surface area (Å²) in [4.78, 5) is 10.7. The van der Waals surface area contributed by atoms with E-state index in [0.29, 0.717) is 5.69 Å². The minimum atomic E-state index is -0.548. The molecule has 2 amide bonds. The largest absolute Gasteiger partial charge is 0.351 e. The molecular formula is C16H19N3O. The highest BCUT2D eigenvalue weighted by Gasteiger charge is 2.05. The van der Waals surface area contributed by atoms with Crippen LogP contribution < -0.4 is 16.4 Å². The molecule has 1 unspecified atom stereocenters. The Kier molecular flexibility index (Phi) is 4.74. The fraction of sp³-hybridized carbons (Fsp3) is 0.188. The lowest BCUT2D eigenvalue weighted by molar-refractivity contribution is 0.259. The van der Waals surface area contributed by atoms with Gasteiger partial charge >= 0.3 is 6.03 Å². The van der Waals surface area contributed by atoms with Gasteiger partial charge in [0.2, 0.25) is 0 Å². The minimum absolute atomic E-state index is 0.234. The molecule has 0 heterocycles. The summed E-state index contributed by atoms with van der Waals surface area (Å²) in [5.74, 6) is 0. The van der Waals surface area contributed by atoms with Crippen molar-refractivity contribution in [2.24, 2.45) is 5.73 Å². The normalized spacial score (nSPS) is 11.8. The van der Waals surface area contributed by atoms with E-state index in [0.717, 1.165) is 12.1 Å².